The highest BCUT2D eigenvalue weighted by Gasteiger charge is 2.41. The van der Waals surface area contributed by atoms with Crippen molar-refractivity contribution in [1.82, 2.24) is 14.8 Å². The molecular weight excluding hydrogens is 465 g/mol. The first-order valence-corrected chi connectivity index (χ1v) is 12.1. The predicted octanol–water partition coefficient (Wildman–Crippen LogP) is 3.83. The second-order valence-corrected chi connectivity index (χ2v) is 10.4. The van der Waals surface area contributed by atoms with Crippen molar-refractivity contribution in [3.63, 3.8) is 0 Å². The fourth-order valence-electron chi connectivity index (χ4n) is 4.34. The summed E-state index contributed by atoms with van der Waals surface area (Å²) < 4.78 is 19.2. The lowest BCUT2D eigenvalue weighted by molar-refractivity contribution is -0.147. The summed E-state index contributed by atoms with van der Waals surface area (Å²) in [5, 5.41) is 2.64. The fourth-order valence-corrected chi connectivity index (χ4v) is 4.34. The number of nitrogens with zero attached hydrogens (tertiary/aromatic N) is 3. The highest BCUT2D eigenvalue weighted by atomic mass is 19.1. The number of carbonyl (C=O) groups is 3. The molecule has 2 aromatic rings. The van der Waals surface area contributed by atoms with Gasteiger partial charge in [0.1, 0.15) is 17.2 Å². The number of benzene rings is 1. The number of nitrogen functional groups attached to an aromatic ring is 1. The van der Waals surface area contributed by atoms with E-state index in [1.54, 1.807) is 45.9 Å². The summed E-state index contributed by atoms with van der Waals surface area (Å²) in [5.74, 6) is -1.26. The summed E-state index contributed by atoms with van der Waals surface area (Å²) in [6, 6.07) is 6.35. The Kier molecular flexibility index (Phi) is 6.88. The van der Waals surface area contributed by atoms with E-state index >= 15 is 0 Å². The molecule has 36 heavy (non-hydrogen) atoms. The highest BCUT2D eigenvalue weighted by Crippen LogP contribution is 2.42. The van der Waals surface area contributed by atoms with Crippen molar-refractivity contribution < 1.29 is 23.5 Å². The molecule has 1 aliphatic heterocycles. The van der Waals surface area contributed by atoms with Gasteiger partial charge in [-0.1, -0.05) is 12.1 Å². The smallest absolute Gasteiger partial charge is 0.410 e. The minimum Gasteiger partial charge on any atom is -0.444 e. The Morgan fingerprint density at radius 3 is 2.39 bits per heavy atom. The molecule has 2 atom stereocenters. The zero-order valence-electron chi connectivity index (χ0n) is 21.0. The minimum atomic E-state index is -0.826. The van der Waals surface area contributed by atoms with Crippen LogP contribution in [-0.2, 0) is 14.3 Å². The third-order valence-electron chi connectivity index (χ3n) is 6.30. The van der Waals surface area contributed by atoms with E-state index in [0.717, 1.165) is 18.4 Å². The molecule has 192 valence electrons. The maximum atomic E-state index is 13.6. The van der Waals surface area contributed by atoms with Crippen LogP contribution in [0, 0.1) is 5.82 Å². The molecule has 0 spiro atoms. The van der Waals surface area contributed by atoms with E-state index in [9.17, 15) is 18.8 Å². The van der Waals surface area contributed by atoms with E-state index in [0.29, 0.717) is 23.0 Å². The molecule has 0 bridgehead atoms. The number of aromatic nitrogens is 1. The number of nitrogens with two attached hydrogens (primary N) is 1. The Morgan fingerprint density at radius 2 is 1.78 bits per heavy atom. The molecule has 1 saturated heterocycles. The van der Waals surface area contributed by atoms with Crippen molar-refractivity contribution in [2.75, 3.05) is 24.1 Å². The SMILES string of the molecule is C[C@@H]1CN(C(=O)C(=O)Nc2cnc(N)c(C3CC3)c2)[C@@H](c2ccc(F)cc2)CN1C(=O)OC(C)(C)C. The van der Waals surface area contributed by atoms with Gasteiger partial charge in [0.25, 0.3) is 0 Å². The average molecular weight is 498 g/mol. The summed E-state index contributed by atoms with van der Waals surface area (Å²) in [6.45, 7) is 7.30. The molecule has 10 heteroatoms. The molecule has 1 aromatic carbocycles. The molecule has 2 aliphatic rings. The number of halogens is 1. The summed E-state index contributed by atoms with van der Waals surface area (Å²) in [7, 11) is 0. The monoisotopic (exact) mass is 497 g/mol. The Balaban J connectivity index is 1.56. The summed E-state index contributed by atoms with van der Waals surface area (Å²) in [5.41, 5.74) is 7.12. The van der Waals surface area contributed by atoms with Crippen molar-refractivity contribution in [1.29, 1.82) is 0 Å². The highest BCUT2D eigenvalue weighted by molar-refractivity contribution is 6.39. The Hall–Kier alpha value is -3.69. The Bertz CT molecular complexity index is 1160. The third-order valence-corrected chi connectivity index (χ3v) is 6.30. The number of anilines is 2. The van der Waals surface area contributed by atoms with Crippen LogP contribution in [0.15, 0.2) is 36.5 Å². The van der Waals surface area contributed by atoms with Gasteiger partial charge in [-0.2, -0.15) is 0 Å². The van der Waals surface area contributed by atoms with Crippen LogP contribution in [0.2, 0.25) is 0 Å². The number of hydrogen-bond donors (Lipinski definition) is 2. The van der Waals surface area contributed by atoms with Crippen molar-refractivity contribution in [2.24, 2.45) is 0 Å². The van der Waals surface area contributed by atoms with Gasteiger partial charge in [-0.05, 0) is 75.8 Å². The molecule has 1 saturated carbocycles. The molecular formula is C26H32FN5O4. The van der Waals surface area contributed by atoms with Gasteiger partial charge < -0.3 is 25.6 Å². The maximum Gasteiger partial charge on any atom is 0.410 e. The van der Waals surface area contributed by atoms with Crippen molar-refractivity contribution in [2.45, 2.75) is 64.1 Å². The minimum absolute atomic E-state index is 0.0932. The van der Waals surface area contributed by atoms with Crippen LogP contribution in [0.3, 0.4) is 0 Å². The second-order valence-electron chi connectivity index (χ2n) is 10.4. The quantitative estimate of drug-likeness (QED) is 0.623. The molecule has 0 unspecified atom stereocenters. The van der Waals surface area contributed by atoms with Crippen molar-refractivity contribution in [3.8, 4) is 0 Å². The van der Waals surface area contributed by atoms with Crippen LogP contribution >= 0.6 is 0 Å². The summed E-state index contributed by atoms with van der Waals surface area (Å²) in [4.78, 5) is 46.3. The number of amides is 3. The largest absolute Gasteiger partial charge is 0.444 e. The zero-order valence-corrected chi connectivity index (χ0v) is 21.0. The van der Waals surface area contributed by atoms with Crippen molar-refractivity contribution in [3.05, 3.63) is 53.5 Å². The first-order chi connectivity index (χ1) is 16.9. The molecule has 3 amide bonds. The average Bonchev–Trinajstić information content (AvgIpc) is 3.64. The van der Waals surface area contributed by atoms with Crippen LogP contribution in [-0.4, -0.2) is 57.4 Å². The molecule has 1 aliphatic carbocycles. The lowest BCUT2D eigenvalue weighted by atomic mass is 9.99. The summed E-state index contributed by atoms with van der Waals surface area (Å²) >= 11 is 0. The first-order valence-electron chi connectivity index (χ1n) is 12.1. The normalized spacial score (nSPS) is 20.1. The van der Waals surface area contributed by atoms with Gasteiger partial charge in [-0.25, -0.2) is 14.2 Å². The number of hydrogen-bond acceptors (Lipinski definition) is 6. The Labute approximate surface area is 209 Å². The Morgan fingerprint density at radius 1 is 1.11 bits per heavy atom. The van der Waals surface area contributed by atoms with Gasteiger partial charge in [0.2, 0.25) is 0 Å². The molecule has 9 nitrogen and oxygen atoms in total. The van der Waals surface area contributed by atoms with E-state index < -0.39 is 41.4 Å². The van der Waals surface area contributed by atoms with E-state index in [2.05, 4.69) is 10.3 Å². The molecule has 2 fully saturated rings. The fraction of sp³-hybridized carbons (Fsp3) is 0.462. The van der Waals surface area contributed by atoms with Gasteiger partial charge in [0, 0.05) is 19.1 Å². The number of ether oxygens (including phenoxy) is 1. The molecule has 0 radical (unpaired) electrons. The van der Waals surface area contributed by atoms with Crippen LogP contribution < -0.4 is 11.1 Å². The van der Waals surface area contributed by atoms with E-state index in [1.165, 1.54) is 28.1 Å². The summed E-state index contributed by atoms with van der Waals surface area (Å²) in [6.07, 6.45) is 2.94. The van der Waals surface area contributed by atoms with Gasteiger partial charge >= 0.3 is 17.9 Å². The molecule has 2 heterocycles. The van der Waals surface area contributed by atoms with E-state index in [4.69, 9.17) is 10.5 Å². The van der Waals surface area contributed by atoms with E-state index in [-0.39, 0.29) is 13.1 Å². The van der Waals surface area contributed by atoms with Crippen LogP contribution in [0.25, 0.3) is 0 Å². The van der Waals surface area contributed by atoms with E-state index in [1.807, 2.05) is 0 Å². The molecule has 4 rings (SSSR count). The van der Waals surface area contributed by atoms with Gasteiger partial charge in [0.15, 0.2) is 0 Å². The van der Waals surface area contributed by atoms with Crippen molar-refractivity contribution >= 4 is 29.4 Å². The number of rotatable bonds is 3. The molecule has 1 aromatic heterocycles. The van der Waals surface area contributed by atoms with Crippen LogP contribution in [0.1, 0.15) is 63.6 Å². The molecule has 3 N–H and O–H groups in total. The second kappa shape index (κ2) is 9.75. The van der Waals surface area contributed by atoms with Gasteiger partial charge in [0.05, 0.1) is 17.9 Å². The predicted molar refractivity (Wildman–Crippen MR) is 133 cm³/mol. The van der Waals surface area contributed by atoms with Gasteiger partial charge in [-0.15, -0.1) is 0 Å². The van der Waals surface area contributed by atoms with Crippen LogP contribution in [0.4, 0.5) is 20.7 Å². The lowest BCUT2D eigenvalue weighted by Gasteiger charge is -2.45. The first kappa shape index (κ1) is 25.4. The number of pyridine rings is 1. The number of carbonyl (C=O) groups excluding carboxylic acids is 3. The number of piperazine rings is 1. The topological polar surface area (TPSA) is 118 Å². The van der Waals surface area contributed by atoms with Crippen LogP contribution in [0.5, 0.6) is 0 Å². The maximum absolute atomic E-state index is 13.6. The third kappa shape index (κ3) is 5.75. The lowest BCUT2D eigenvalue weighted by Crippen LogP contribution is -2.59. The zero-order chi connectivity index (χ0) is 26.2. The van der Waals surface area contributed by atoms with Gasteiger partial charge in [-0.3, -0.25) is 9.59 Å². The standard InChI is InChI=1S/C26H32FN5O4/c1-15-13-32(24(34)23(33)30-19-11-20(16-5-6-16)22(28)29-12-19)21(17-7-9-18(27)10-8-17)14-31(15)25(35)36-26(2,3)4/h7-12,15-16,21H,5-6,13-14H2,1-4H3,(H2,28,29)(H,30,33)/t15-,21-/m1/s1. The number of nitrogens with one attached hydrogen (secondary N) is 1.